The number of imidazole rings is 1. The van der Waals surface area contributed by atoms with Gasteiger partial charge >= 0.3 is 0 Å². The van der Waals surface area contributed by atoms with Crippen molar-refractivity contribution in [2.24, 2.45) is 0 Å². The Morgan fingerprint density at radius 2 is 2.11 bits per heavy atom. The Morgan fingerprint density at radius 1 is 1.25 bits per heavy atom. The van der Waals surface area contributed by atoms with Gasteiger partial charge in [0.1, 0.15) is 0 Å². The molecule has 0 aliphatic rings. The summed E-state index contributed by atoms with van der Waals surface area (Å²) >= 11 is 1.56. The van der Waals surface area contributed by atoms with Crippen LogP contribution in [0.4, 0.5) is 0 Å². The number of carbonyl (C=O) groups excluding carboxylic acids is 1. The maximum Gasteiger partial charge on any atom is 0.169 e. The molecule has 3 aromatic heterocycles. The lowest BCUT2D eigenvalue weighted by Gasteiger charge is -2.14. The molecule has 0 N–H and O–H groups in total. The van der Waals surface area contributed by atoms with E-state index < -0.39 is 0 Å². The standard InChI is InChI=1S/C22H23N3O2S/c1-4-27-10-9-25-19(12-22-20(25)13-21(28-22)16(3)26)18-6-5-17(11-15(18)2)24-8-7-23-14-24/h5-8,11-14H,4,9-10H2,1-3H3. The van der Waals surface area contributed by atoms with E-state index in [1.54, 1.807) is 30.8 Å². The van der Waals surface area contributed by atoms with E-state index in [1.807, 2.05) is 23.8 Å². The summed E-state index contributed by atoms with van der Waals surface area (Å²) in [7, 11) is 0. The Balaban J connectivity index is 1.79. The van der Waals surface area contributed by atoms with Crippen molar-refractivity contribution < 1.29 is 9.53 Å². The second-order valence-corrected chi connectivity index (χ2v) is 7.85. The summed E-state index contributed by atoms with van der Waals surface area (Å²) in [6.07, 6.45) is 5.53. The van der Waals surface area contributed by atoms with Gasteiger partial charge in [0.25, 0.3) is 0 Å². The molecule has 0 amide bonds. The summed E-state index contributed by atoms with van der Waals surface area (Å²) in [4.78, 5) is 16.7. The van der Waals surface area contributed by atoms with Crippen LogP contribution >= 0.6 is 11.3 Å². The molecule has 1 aromatic carbocycles. The monoisotopic (exact) mass is 393 g/mol. The summed E-state index contributed by atoms with van der Waals surface area (Å²) in [5, 5.41) is 0. The van der Waals surface area contributed by atoms with Crippen LogP contribution in [0.15, 0.2) is 49.1 Å². The van der Waals surface area contributed by atoms with E-state index in [9.17, 15) is 4.79 Å². The van der Waals surface area contributed by atoms with Gasteiger partial charge in [-0.25, -0.2) is 4.98 Å². The van der Waals surface area contributed by atoms with Crippen molar-refractivity contribution in [3.63, 3.8) is 0 Å². The zero-order valence-electron chi connectivity index (χ0n) is 16.3. The van der Waals surface area contributed by atoms with Crippen LogP contribution in [0.1, 0.15) is 29.1 Å². The second kappa shape index (κ2) is 7.73. The maximum atomic E-state index is 11.8. The number of fused-ring (bicyclic) bond motifs is 1. The van der Waals surface area contributed by atoms with E-state index in [0.29, 0.717) is 13.2 Å². The number of aryl methyl sites for hydroxylation is 1. The molecule has 4 rings (SSSR count). The van der Waals surface area contributed by atoms with E-state index in [-0.39, 0.29) is 5.78 Å². The van der Waals surface area contributed by atoms with Crippen LogP contribution in [0.5, 0.6) is 0 Å². The van der Waals surface area contributed by atoms with E-state index in [2.05, 4.69) is 40.7 Å². The molecule has 5 nitrogen and oxygen atoms in total. The molecular formula is C22H23N3O2S. The lowest BCUT2D eigenvalue weighted by Crippen LogP contribution is -2.07. The van der Waals surface area contributed by atoms with Crippen LogP contribution in [0.2, 0.25) is 0 Å². The van der Waals surface area contributed by atoms with Gasteiger partial charge < -0.3 is 13.9 Å². The molecule has 0 aliphatic heterocycles. The maximum absolute atomic E-state index is 11.8. The first-order valence-electron chi connectivity index (χ1n) is 9.39. The van der Waals surface area contributed by atoms with Crippen LogP contribution in [0, 0.1) is 6.92 Å². The lowest BCUT2D eigenvalue weighted by molar-refractivity contribution is 0.102. The summed E-state index contributed by atoms with van der Waals surface area (Å²) in [6.45, 7) is 7.85. The Hall–Kier alpha value is -2.70. The van der Waals surface area contributed by atoms with Crippen molar-refractivity contribution >= 4 is 27.3 Å². The Kier molecular flexibility index (Phi) is 5.15. The predicted octanol–water partition coefficient (Wildman–Crippen LogP) is 5.10. The van der Waals surface area contributed by atoms with Crippen molar-refractivity contribution in [2.75, 3.05) is 13.2 Å². The van der Waals surface area contributed by atoms with Crippen molar-refractivity contribution in [2.45, 2.75) is 27.3 Å². The fraction of sp³-hybridized carbons (Fsp3) is 0.273. The quantitative estimate of drug-likeness (QED) is 0.324. The number of hydrogen-bond donors (Lipinski definition) is 0. The average Bonchev–Trinajstić information content (AvgIpc) is 3.39. The highest BCUT2D eigenvalue weighted by atomic mass is 32.1. The average molecular weight is 394 g/mol. The van der Waals surface area contributed by atoms with Gasteiger partial charge in [-0.3, -0.25) is 4.79 Å². The van der Waals surface area contributed by atoms with Gasteiger partial charge in [-0.2, -0.15) is 0 Å². The van der Waals surface area contributed by atoms with Crippen molar-refractivity contribution in [1.82, 2.24) is 14.1 Å². The largest absolute Gasteiger partial charge is 0.380 e. The number of Topliss-reactive ketones (excluding diaryl/α,β-unsaturated/α-hetero) is 1. The summed E-state index contributed by atoms with van der Waals surface area (Å²) in [5.41, 5.74) is 5.73. The topological polar surface area (TPSA) is 49.0 Å². The minimum absolute atomic E-state index is 0.111. The van der Waals surface area contributed by atoms with Crippen molar-refractivity contribution in [1.29, 1.82) is 0 Å². The number of carbonyl (C=O) groups is 1. The third-order valence-corrected chi connectivity index (χ3v) is 6.06. The van der Waals surface area contributed by atoms with Crippen LogP contribution in [0.25, 0.3) is 27.2 Å². The van der Waals surface area contributed by atoms with Crippen molar-refractivity contribution in [3.8, 4) is 16.9 Å². The minimum atomic E-state index is 0.111. The Morgan fingerprint density at radius 3 is 2.79 bits per heavy atom. The molecule has 144 valence electrons. The van der Waals surface area contributed by atoms with E-state index >= 15 is 0 Å². The first kappa shape index (κ1) is 18.7. The van der Waals surface area contributed by atoms with Crippen LogP contribution in [0.3, 0.4) is 0 Å². The number of thiophene rings is 1. The SMILES string of the molecule is CCOCCn1c(-c2ccc(-n3ccnc3)cc2C)cc2sc(C(C)=O)cc21. The molecule has 0 fully saturated rings. The molecule has 3 heterocycles. The molecule has 0 radical (unpaired) electrons. The van der Waals surface area contributed by atoms with E-state index in [0.717, 1.165) is 33.0 Å². The van der Waals surface area contributed by atoms with Crippen LogP contribution < -0.4 is 0 Å². The molecule has 0 unspecified atom stereocenters. The molecule has 6 heteroatoms. The molecule has 0 aliphatic carbocycles. The van der Waals surface area contributed by atoms with Gasteiger partial charge in [0.05, 0.1) is 33.7 Å². The molecule has 4 aromatic rings. The van der Waals surface area contributed by atoms with Gasteiger partial charge in [0.2, 0.25) is 0 Å². The number of ketones is 1. The molecule has 0 spiro atoms. The number of aromatic nitrogens is 3. The number of hydrogen-bond acceptors (Lipinski definition) is 4. The number of ether oxygens (including phenoxy) is 1. The van der Waals surface area contributed by atoms with E-state index in [4.69, 9.17) is 4.74 Å². The normalized spacial score (nSPS) is 11.4. The Bertz CT molecular complexity index is 1120. The smallest absolute Gasteiger partial charge is 0.169 e. The van der Waals surface area contributed by atoms with Crippen LogP contribution in [-0.4, -0.2) is 33.1 Å². The first-order chi connectivity index (χ1) is 13.6. The van der Waals surface area contributed by atoms with Gasteiger partial charge in [0, 0.05) is 36.8 Å². The third-order valence-electron chi connectivity index (χ3n) is 4.89. The fourth-order valence-electron chi connectivity index (χ4n) is 3.49. The fourth-order valence-corrected chi connectivity index (χ4v) is 4.48. The van der Waals surface area contributed by atoms with Gasteiger partial charge in [-0.1, -0.05) is 6.07 Å². The zero-order chi connectivity index (χ0) is 19.7. The number of rotatable bonds is 7. The highest BCUT2D eigenvalue weighted by Gasteiger charge is 2.17. The molecule has 0 saturated heterocycles. The van der Waals surface area contributed by atoms with E-state index in [1.165, 1.54) is 11.1 Å². The third kappa shape index (κ3) is 3.41. The van der Waals surface area contributed by atoms with Crippen molar-refractivity contribution in [3.05, 3.63) is 59.5 Å². The zero-order valence-corrected chi connectivity index (χ0v) is 17.1. The molecule has 0 bridgehead atoms. The predicted molar refractivity (Wildman–Crippen MR) is 114 cm³/mol. The highest BCUT2D eigenvalue weighted by Crippen LogP contribution is 2.35. The molecule has 0 saturated carbocycles. The minimum Gasteiger partial charge on any atom is -0.380 e. The first-order valence-corrected chi connectivity index (χ1v) is 10.2. The molecule has 0 atom stereocenters. The van der Waals surface area contributed by atoms with Gasteiger partial charge in [-0.15, -0.1) is 11.3 Å². The van der Waals surface area contributed by atoms with Gasteiger partial charge in [-0.05, 0) is 50.6 Å². The summed E-state index contributed by atoms with van der Waals surface area (Å²) in [6, 6.07) is 10.6. The number of nitrogens with zero attached hydrogens (tertiary/aromatic N) is 3. The molecular weight excluding hydrogens is 370 g/mol. The Labute approximate surface area is 168 Å². The highest BCUT2D eigenvalue weighted by molar-refractivity contribution is 7.20. The number of benzene rings is 1. The summed E-state index contributed by atoms with van der Waals surface area (Å²) in [5.74, 6) is 0.111. The van der Waals surface area contributed by atoms with Crippen LogP contribution in [-0.2, 0) is 11.3 Å². The lowest BCUT2D eigenvalue weighted by atomic mass is 10.0. The summed E-state index contributed by atoms with van der Waals surface area (Å²) < 4.78 is 11.0. The second-order valence-electron chi connectivity index (χ2n) is 6.76. The molecule has 28 heavy (non-hydrogen) atoms. The van der Waals surface area contributed by atoms with Gasteiger partial charge in [0.15, 0.2) is 5.78 Å².